The van der Waals surface area contributed by atoms with Crippen molar-refractivity contribution in [3.05, 3.63) is 18.5 Å². The van der Waals surface area contributed by atoms with E-state index in [1.54, 1.807) is 0 Å². The highest BCUT2D eigenvalue weighted by Crippen LogP contribution is 2.22. The van der Waals surface area contributed by atoms with Crippen LogP contribution in [0.1, 0.15) is 25.7 Å². The summed E-state index contributed by atoms with van der Waals surface area (Å²) in [7, 11) is 1.92. The first-order valence-corrected chi connectivity index (χ1v) is 8.06. The molecule has 0 unspecified atom stereocenters. The zero-order valence-electron chi connectivity index (χ0n) is 12.8. The second-order valence-corrected chi connectivity index (χ2v) is 6.01. The summed E-state index contributed by atoms with van der Waals surface area (Å²) in [5.41, 5.74) is 2.17. The molecule has 21 heavy (non-hydrogen) atoms. The van der Waals surface area contributed by atoms with Gasteiger partial charge in [-0.1, -0.05) is 0 Å². The van der Waals surface area contributed by atoms with Crippen LogP contribution in [0.15, 0.2) is 18.5 Å². The topological polar surface area (TPSA) is 49.4 Å². The predicted octanol–water partition coefficient (Wildman–Crippen LogP) is 2.18. The van der Waals surface area contributed by atoms with Crippen molar-refractivity contribution in [2.24, 2.45) is 0 Å². The number of pyridine rings is 1. The van der Waals surface area contributed by atoms with Crippen LogP contribution in [0.3, 0.4) is 0 Å². The van der Waals surface area contributed by atoms with Crippen LogP contribution in [0, 0.1) is 0 Å². The first-order valence-electron chi connectivity index (χ1n) is 8.06. The first kappa shape index (κ1) is 14.6. The van der Waals surface area contributed by atoms with Gasteiger partial charge in [-0.05, 0) is 31.7 Å². The Hall–Kier alpha value is -1.33. The summed E-state index contributed by atoms with van der Waals surface area (Å²) in [6.07, 6.45) is 8.57. The van der Waals surface area contributed by atoms with E-state index in [1.807, 2.05) is 19.4 Å². The molecule has 5 heteroatoms. The summed E-state index contributed by atoms with van der Waals surface area (Å²) >= 11 is 0. The molecule has 3 rings (SSSR count). The predicted molar refractivity (Wildman–Crippen MR) is 85.8 cm³/mol. The second-order valence-electron chi connectivity index (χ2n) is 6.01. The van der Waals surface area contributed by atoms with Gasteiger partial charge in [-0.2, -0.15) is 0 Å². The average Bonchev–Trinajstić information content (AvgIpc) is 2.56. The van der Waals surface area contributed by atoms with E-state index in [9.17, 15) is 0 Å². The number of hydrogen-bond acceptors (Lipinski definition) is 5. The van der Waals surface area contributed by atoms with E-state index < -0.39 is 0 Å². The molecule has 0 aliphatic carbocycles. The summed E-state index contributed by atoms with van der Waals surface area (Å²) in [4.78, 5) is 6.92. The fraction of sp³-hybridized carbons (Fsp3) is 0.688. The van der Waals surface area contributed by atoms with Crippen molar-refractivity contribution in [2.45, 2.75) is 37.8 Å². The monoisotopic (exact) mass is 290 g/mol. The van der Waals surface area contributed by atoms with Crippen LogP contribution in [-0.2, 0) is 4.74 Å². The van der Waals surface area contributed by atoms with Crippen molar-refractivity contribution in [3.63, 3.8) is 0 Å². The molecule has 0 amide bonds. The maximum absolute atomic E-state index is 5.46. The molecule has 0 atom stereocenters. The van der Waals surface area contributed by atoms with Gasteiger partial charge in [0, 0.05) is 45.4 Å². The van der Waals surface area contributed by atoms with Gasteiger partial charge in [-0.3, -0.25) is 4.98 Å². The number of nitrogens with zero attached hydrogens (tertiary/aromatic N) is 2. The quantitative estimate of drug-likeness (QED) is 0.890. The molecule has 0 bridgehead atoms. The van der Waals surface area contributed by atoms with Gasteiger partial charge in [0.2, 0.25) is 0 Å². The van der Waals surface area contributed by atoms with E-state index in [0.29, 0.717) is 6.04 Å². The van der Waals surface area contributed by atoms with Crippen molar-refractivity contribution in [2.75, 3.05) is 44.0 Å². The third-order valence-electron chi connectivity index (χ3n) is 4.63. The lowest BCUT2D eigenvalue weighted by atomic mass is 9.99. The molecule has 1 aromatic rings. The fourth-order valence-electron chi connectivity index (χ4n) is 3.35. The Morgan fingerprint density at radius 1 is 1.10 bits per heavy atom. The Kier molecular flexibility index (Phi) is 4.93. The van der Waals surface area contributed by atoms with E-state index in [4.69, 9.17) is 4.74 Å². The summed E-state index contributed by atoms with van der Waals surface area (Å²) in [5.74, 6) is 0. The molecule has 2 saturated heterocycles. The minimum Gasteiger partial charge on any atom is -0.387 e. The van der Waals surface area contributed by atoms with Crippen LogP contribution >= 0.6 is 0 Å². The molecule has 0 radical (unpaired) electrons. The molecule has 2 aliphatic rings. The molecule has 2 fully saturated rings. The van der Waals surface area contributed by atoms with Gasteiger partial charge < -0.3 is 20.3 Å². The third kappa shape index (κ3) is 3.86. The highest BCUT2D eigenvalue weighted by molar-refractivity contribution is 5.54. The van der Waals surface area contributed by atoms with Gasteiger partial charge in [0.15, 0.2) is 0 Å². The second kappa shape index (κ2) is 7.09. The average molecular weight is 290 g/mol. The van der Waals surface area contributed by atoms with E-state index in [-0.39, 0.29) is 0 Å². The van der Waals surface area contributed by atoms with Crippen molar-refractivity contribution in [3.8, 4) is 0 Å². The largest absolute Gasteiger partial charge is 0.387 e. The number of rotatable bonds is 4. The number of piperidine rings is 1. The number of nitrogens with one attached hydrogen (secondary N) is 2. The fourth-order valence-corrected chi connectivity index (χ4v) is 3.35. The Morgan fingerprint density at radius 3 is 2.52 bits per heavy atom. The third-order valence-corrected chi connectivity index (χ3v) is 4.63. The molecule has 0 aromatic carbocycles. The molecular formula is C16H26N4O. The first-order chi connectivity index (χ1) is 10.3. The standard InChI is InChI=1S/C16H26N4O/c1-17-14-10-15(12-18-11-14)19-13-2-6-20(7-3-13)16-4-8-21-9-5-16/h10-13,16-17,19H,2-9H2,1H3. The zero-order chi connectivity index (χ0) is 14.5. The van der Waals surface area contributed by atoms with Crippen molar-refractivity contribution in [1.29, 1.82) is 0 Å². The number of hydrogen-bond donors (Lipinski definition) is 2. The molecule has 0 spiro atoms. The normalized spacial score (nSPS) is 22.1. The molecule has 2 N–H and O–H groups in total. The lowest BCUT2D eigenvalue weighted by Crippen LogP contribution is -2.46. The smallest absolute Gasteiger partial charge is 0.0549 e. The maximum atomic E-state index is 5.46. The van der Waals surface area contributed by atoms with Crippen molar-refractivity contribution in [1.82, 2.24) is 9.88 Å². The van der Waals surface area contributed by atoms with Gasteiger partial charge in [-0.25, -0.2) is 0 Å². The van der Waals surface area contributed by atoms with Gasteiger partial charge in [0.1, 0.15) is 0 Å². The Bertz CT molecular complexity index is 440. The summed E-state index contributed by atoms with van der Waals surface area (Å²) in [5, 5.41) is 6.76. The molecule has 3 heterocycles. The number of aromatic nitrogens is 1. The zero-order valence-corrected chi connectivity index (χ0v) is 12.8. The van der Waals surface area contributed by atoms with Crippen molar-refractivity contribution >= 4 is 11.4 Å². The van der Waals surface area contributed by atoms with E-state index >= 15 is 0 Å². The summed E-state index contributed by atoms with van der Waals surface area (Å²) in [6, 6.07) is 3.43. The lowest BCUT2D eigenvalue weighted by molar-refractivity contribution is 0.0262. The van der Waals surface area contributed by atoms with Gasteiger partial charge >= 0.3 is 0 Å². The van der Waals surface area contributed by atoms with Gasteiger partial charge in [-0.15, -0.1) is 0 Å². The molecular weight excluding hydrogens is 264 g/mol. The molecule has 2 aliphatic heterocycles. The lowest BCUT2D eigenvalue weighted by Gasteiger charge is -2.39. The minimum atomic E-state index is 0.565. The number of likely N-dealkylation sites (tertiary alicyclic amines) is 1. The van der Waals surface area contributed by atoms with Crippen molar-refractivity contribution < 1.29 is 4.74 Å². The van der Waals surface area contributed by atoms with Crippen LogP contribution in [0.2, 0.25) is 0 Å². The number of ether oxygens (including phenoxy) is 1. The van der Waals surface area contributed by atoms with Gasteiger partial charge in [0.25, 0.3) is 0 Å². The maximum Gasteiger partial charge on any atom is 0.0549 e. The summed E-state index contributed by atoms with van der Waals surface area (Å²) in [6.45, 7) is 4.26. The van der Waals surface area contributed by atoms with Crippen LogP contribution in [0.25, 0.3) is 0 Å². The van der Waals surface area contributed by atoms with E-state index in [0.717, 1.165) is 30.6 Å². The number of anilines is 2. The Balaban J connectivity index is 1.48. The Morgan fingerprint density at radius 2 is 1.81 bits per heavy atom. The molecule has 1 aromatic heterocycles. The van der Waals surface area contributed by atoms with Crippen LogP contribution < -0.4 is 10.6 Å². The van der Waals surface area contributed by atoms with E-state index in [2.05, 4.69) is 26.6 Å². The molecule has 5 nitrogen and oxygen atoms in total. The highest BCUT2D eigenvalue weighted by Gasteiger charge is 2.26. The van der Waals surface area contributed by atoms with E-state index in [1.165, 1.54) is 38.8 Å². The van der Waals surface area contributed by atoms with Crippen LogP contribution in [-0.4, -0.2) is 55.3 Å². The molecule has 116 valence electrons. The molecule has 0 saturated carbocycles. The highest BCUT2D eigenvalue weighted by atomic mass is 16.5. The van der Waals surface area contributed by atoms with Gasteiger partial charge in [0.05, 0.1) is 23.8 Å². The van der Waals surface area contributed by atoms with Crippen LogP contribution in [0.4, 0.5) is 11.4 Å². The summed E-state index contributed by atoms with van der Waals surface area (Å²) < 4.78 is 5.46. The Labute approximate surface area is 127 Å². The minimum absolute atomic E-state index is 0.565. The van der Waals surface area contributed by atoms with Crippen LogP contribution in [0.5, 0.6) is 0 Å². The SMILES string of the molecule is CNc1cncc(NC2CCN(C3CCOCC3)CC2)c1.